The summed E-state index contributed by atoms with van der Waals surface area (Å²) in [6.45, 7) is -1.74. The highest BCUT2D eigenvalue weighted by molar-refractivity contribution is 5.96. The minimum atomic E-state index is -3.03. The van der Waals surface area contributed by atoms with Crippen molar-refractivity contribution in [1.29, 1.82) is 0 Å². The molecule has 1 atom stereocenters. The van der Waals surface area contributed by atoms with E-state index in [0.29, 0.717) is 5.56 Å². The summed E-state index contributed by atoms with van der Waals surface area (Å²) < 4.78 is 33.6. The van der Waals surface area contributed by atoms with Gasteiger partial charge in [0.05, 0.1) is 5.56 Å². The van der Waals surface area contributed by atoms with E-state index in [2.05, 4.69) is 15.6 Å². The predicted octanol–water partition coefficient (Wildman–Crippen LogP) is 2.29. The molecule has 0 aliphatic heterocycles. The molecule has 0 radical (unpaired) electrons. The molecule has 2 aromatic rings. The normalized spacial score (nSPS) is 11.4. The highest BCUT2D eigenvalue weighted by Crippen LogP contribution is 2.17. The number of hydrazine groups is 1. The third-order valence-corrected chi connectivity index (χ3v) is 3.28. The van der Waals surface area contributed by atoms with Crippen LogP contribution < -0.4 is 15.6 Å². The minimum Gasteiger partial charge on any atom is -0.449 e. The molecule has 27 heavy (non-hydrogen) atoms. The van der Waals surface area contributed by atoms with Gasteiger partial charge in [-0.25, -0.2) is 4.79 Å². The van der Waals surface area contributed by atoms with Gasteiger partial charge in [0.2, 0.25) is 0 Å². The number of carbonyl (C=O) groups excluding carboxylic acids is 3. The van der Waals surface area contributed by atoms with Gasteiger partial charge in [-0.1, -0.05) is 24.3 Å². The zero-order valence-electron chi connectivity index (χ0n) is 14.1. The number of halogens is 2. The van der Waals surface area contributed by atoms with Crippen LogP contribution in [0.25, 0.3) is 0 Å². The Morgan fingerprint density at radius 1 is 0.926 bits per heavy atom. The minimum absolute atomic E-state index is 0.0684. The predicted molar refractivity (Wildman–Crippen MR) is 90.0 cm³/mol. The summed E-state index contributed by atoms with van der Waals surface area (Å²) in [5, 5.41) is 0. The SMILES string of the molecule is C[C@H](OC(=O)c1cccc(OC(F)F)c1)C(=O)NNC(=O)c1ccccc1. The molecule has 0 saturated carbocycles. The second-order valence-electron chi connectivity index (χ2n) is 5.26. The third kappa shape index (κ3) is 6.07. The van der Waals surface area contributed by atoms with Crippen LogP contribution in [0.4, 0.5) is 8.78 Å². The van der Waals surface area contributed by atoms with Crippen molar-refractivity contribution < 1.29 is 32.6 Å². The summed E-state index contributed by atoms with van der Waals surface area (Å²) in [6, 6.07) is 13.1. The summed E-state index contributed by atoms with van der Waals surface area (Å²) in [5.74, 6) is -2.44. The molecule has 0 aliphatic carbocycles. The van der Waals surface area contributed by atoms with Crippen molar-refractivity contribution in [3.63, 3.8) is 0 Å². The first-order chi connectivity index (χ1) is 12.9. The highest BCUT2D eigenvalue weighted by Gasteiger charge is 2.20. The fraction of sp³-hybridized carbons (Fsp3) is 0.167. The smallest absolute Gasteiger partial charge is 0.387 e. The van der Waals surface area contributed by atoms with Gasteiger partial charge in [-0.2, -0.15) is 8.78 Å². The van der Waals surface area contributed by atoms with E-state index in [1.807, 2.05) is 0 Å². The Bertz CT molecular complexity index is 814. The second-order valence-corrected chi connectivity index (χ2v) is 5.26. The van der Waals surface area contributed by atoms with Crippen LogP contribution in [0.2, 0.25) is 0 Å². The Morgan fingerprint density at radius 2 is 1.59 bits per heavy atom. The molecule has 0 bridgehead atoms. The third-order valence-electron chi connectivity index (χ3n) is 3.28. The fourth-order valence-corrected chi connectivity index (χ4v) is 1.96. The topological polar surface area (TPSA) is 93.7 Å². The highest BCUT2D eigenvalue weighted by atomic mass is 19.3. The molecule has 9 heteroatoms. The van der Waals surface area contributed by atoms with Gasteiger partial charge < -0.3 is 9.47 Å². The van der Waals surface area contributed by atoms with Gasteiger partial charge in [0.1, 0.15) is 5.75 Å². The monoisotopic (exact) mass is 378 g/mol. The number of amides is 2. The zero-order valence-corrected chi connectivity index (χ0v) is 14.1. The number of alkyl halides is 2. The van der Waals surface area contributed by atoms with Gasteiger partial charge >= 0.3 is 12.6 Å². The van der Waals surface area contributed by atoms with Crippen molar-refractivity contribution in [1.82, 2.24) is 10.9 Å². The van der Waals surface area contributed by atoms with Crippen molar-refractivity contribution in [3.05, 3.63) is 65.7 Å². The lowest BCUT2D eigenvalue weighted by Gasteiger charge is -2.14. The molecule has 0 fully saturated rings. The number of rotatable bonds is 6. The Hall–Kier alpha value is -3.49. The van der Waals surface area contributed by atoms with Gasteiger partial charge in [0, 0.05) is 5.56 Å². The van der Waals surface area contributed by atoms with Crippen molar-refractivity contribution in [2.45, 2.75) is 19.6 Å². The molecule has 2 aromatic carbocycles. The number of hydrogen-bond acceptors (Lipinski definition) is 5. The molecular formula is C18H16F2N2O5. The van der Waals surface area contributed by atoms with Crippen LogP contribution in [-0.2, 0) is 9.53 Å². The van der Waals surface area contributed by atoms with E-state index < -0.39 is 30.5 Å². The summed E-state index contributed by atoms with van der Waals surface area (Å²) in [7, 11) is 0. The van der Waals surface area contributed by atoms with Crippen LogP contribution in [0.5, 0.6) is 5.75 Å². The molecule has 142 valence electrons. The molecule has 0 spiro atoms. The maximum atomic E-state index is 12.2. The standard InChI is InChI=1S/C18H16F2N2O5/c1-11(15(23)21-22-16(24)12-6-3-2-4-7-12)26-17(25)13-8-5-9-14(10-13)27-18(19)20/h2-11,18H,1H3,(H,21,23)(H,22,24)/t11-/m0/s1. The number of nitrogens with one attached hydrogen (secondary N) is 2. The average Bonchev–Trinajstić information content (AvgIpc) is 2.66. The lowest BCUT2D eigenvalue weighted by atomic mass is 10.2. The van der Waals surface area contributed by atoms with E-state index in [4.69, 9.17) is 4.74 Å². The Balaban J connectivity index is 1.88. The largest absolute Gasteiger partial charge is 0.449 e. The van der Waals surface area contributed by atoms with E-state index in [1.165, 1.54) is 25.1 Å². The van der Waals surface area contributed by atoms with E-state index in [9.17, 15) is 23.2 Å². The van der Waals surface area contributed by atoms with Gasteiger partial charge in [-0.3, -0.25) is 20.4 Å². The van der Waals surface area contributed by atoms with Gasteiger partial charge in [0.15, 0.2) is 6.10 Å². The molecule has 2 rings (SSSR count). The van der Waals surface area contributed by atoms with Gasteiger partial charge in [0.25, 0.3) is 11.8 Å². The quantitative estimate of drug-likeness (QED) is 0.594. The molecule has 0 saturated heterocycles. The molecular weight excluding hydrogens is 362 g/mol. The Kier molecular flexibility index (Phi) is 6.81. The van der Waals surface area contributed by atoms with Crippen LogP contribution >= 0.6 is 0 Å². The number of hydrogen-bond donors (Lipinski definition) is 2. The van der Waals surface area contributed by atoms with Crippen LogP contribution in [0.15, 0.2) is 54.6 Å². The zero-order chi connectivity index (χ0) is 19.8. The van der Waals surface area contributed by atoms with Crippen LogP contribution in [0.3, 0.4) is 0 Å². The summed E-state index contributed by atoms with van der Waals surface area (Å²) in [5.41, 5.74) is 4.59. The summed E-state index contributed by atoms with van der Waals surface area (Å²) in [6.07, 6.45) is -1.24. The lowest BCUT2D eigenvalue weighted by Crippen LogP contribution is -2.46. The molecule has 2 amide bonds. The number of ether oxygens (including phenoxy) is 2. The first-order valence-electron chi connectivity index (χ1n) is 7.78. The van der Waals surface area contributed by atoms with E-state index in [0.717, 1.165) is 6.07 Å². The lowest BCUT2D eigenvalue weighted by molar-refractivity contribution is -0.129. The van der Waals surface area contributed by atoms with Crippen molar-refractivity contribution in [2.75, 3.05) is 0 Å². The van der Waals surface area contributed by atoms with Crippen LogP contribution in [0.1, 0.15) is 27.6 Å². The molecule has 0 aromatic heterocycles. The molecule has 0 heterocycles. The first kappa shape index (κ1) is 19.8. The second kappa shape index (κ2) is 9.27. The number of carbonyl (C=O) groups is 3. The van der Waals surface area contributed by atoms with Crippen LogP contribution in [-0.4, -0.2) is 30.5 Å². The van der Waals surface area contributed by atoms with Gasteiger partial charge in [-0.05, 0) is 37.3 Å². The molecule has 7 nitrogen and oxygen atoms in total. The van der Waals surface area contributed by atoms with E-state index in [-0.39, 0.29) is 11.3 Å². The summed E-state index contributed by atoms with van der Waals surface area (Å²) in [4.78, 5) is 35.8. The van der Waals surface area contributed by atoms with Crippen molar-refractivity contribution in [2.24, 2.45) is 0 Å². The maximum absolute atomic E-state index is 12.2. The number of benzene rings is 2. The van der Waals surface area contributed by atoms with Crippen molar-refractivity contribution in [3.8, 4) is 5.75 Å². The fourth-order valence-electron chi connectivity index (χ4n) is 1.96. The van der Waals surface area contributed by atoms with Gasteiger partial charge in [-0.15, -0.1) is 0 Å². The van der Waals surface area contributed by atoms with E-state index >= 15 is 0 Å². The average molecular weight is 378 g/mol. The Morgan fingerprint density at radius 3 is 2.26 bits per heavy atom. The van der Waals surface area contributed by atoms with Crippen molar-refractivity contribution >= 4 is 17.8 Å². The first-order valence-corrected chi connectivity index (χ1v) is 7.78. The molecule has 2 N–H and O–H groups in total. The molecule has 0 aliphatic rings. The molecule has 0 unspecified atom stereocenters. The maximum Gasteiger partial charge on any atom is 0.387 e. The van der Waals surface area contributed by atoms with E-state index in [1.54, 1.807) is 30.3 Å². The number of esters is 1. The summed E-state index contributed by atoms with van der Waals surface area (Å²) >= 11 is 0. The Labute approximate surface area is 153 Å². The van der Waals surface area contributed by atoms with Crippen LogP contribution in [0, 0.1) is 0 Å².